The molecule has 0 saturated carbocycles. The maximum absolute atomic E-state index is 11.4. The number of carbonyl (C=O) groups is 1. The molecule has 1 unspecified atom stereocenters. The lowest BCUT2D eigenvalue weighted by molar-refractivity contribution is -0.146. The number of β-lactam (4-membered cyclic amide) rings is 1. The summed E-state index contributed by atoms with van der Waals surface area (Å²) < 4.78 is 0. The monoisotopic (exact) mass is 201 g/mol. The van der Waals surface area contributed by atoms with Crippen LogP contribution < -0.4 is 0 Å². The molecule has 1 atom stereocenters. The Morgan fingerprint density at radius 1 is 1.40 bits per heavy atom. The van der Waals surface area contributed by atoms with Crippen molar-refractivity contribution in [1.82, 2.24) is 4.90 Å². The van der Waals surface area contributed by atoms with E-state index in [0.29, 0.717) is 12.5 Å². The zero-order valence-corrected chi connectivity index (χ0v) is 8.73. The normalized spacial score (nSPS) is 19.9. The van der Waals surface area contributed by atoms with Crippen LogP contribution in [0.5, 0.6) is 0 Å². The first kappa shape index (κ1) is 9.97. The average Bonchev–Trinajstić information content (AvgIpc) is 2.27. The van der Waals surface area contributed by atoms with Crippen LogP contribution in [0.1, 0.15) is 18.4 Å². The molecule has 1 aromatic carbocycles. The molecule has 0 aromatic heterocycles. The van der Waals surface area contributed by atoms with E-state index in [1.165, 1.54) is 5.56 Å². The van der Waals surface area contributed by atoms with Gasteiger partial charge in [-0.2, -0.15) is 0 Å². The molecule has 2 heteroatoms. The summed E-state index contributed by atoms with van der Waals surface area (Å²) in [7, 11) is 0. The zero-order valence-electron chi connectivity index (χ0n) is 8.73. The summed E-state index contributed by atoms with van der Waals surface area (Å²) in [6, 6.07) is 10.5. The van der Waals surface area contributed by atoms with Gasteiger partial charge in [0.1, 0.15) is 0 Å². The lowest BCUT2D eigenvalue weighted by atomic mass is 9.97. The van der Waals surface area contributed by atoms with Gasteiger partial charge in [-0.15, -0.1) is 6.58 Å². The molecule has 0 bridgehead atoms. The minimum atomic E-state index is 0.255. The molecule has 1 saturated heterocycles. The Hall–Kier alpha value is -1.57. The highest BCUT2D eigenvalue weighted by Crippen LogP contribution is 2.24. The van der Waals surface area contributed by atoms with Crippen LogP contribution in [-0.2, 0) is 11.3 Å². The third-order valence-electron chi connectivity index (χ3n) is 2.81. The van der Waals surface area contributed by atoms with Crippen LogP contribution in [-0.4, -0.2) is 16.8 Å². The highest BCUT2D eigenvalue weighted by Gasteiger charge is 2.34. The van der Waals surface area contributed by atoms with E-state index in [0.717, 1.165) is 13.0 Å². The van der Waals surface area contributed by atoms with Gasteiger partial charge in [0, 0.05) is 19.0 Å². The fourth-order valence-electron chi connectivity index (χ4n) is 1.92. The van der Waals surface area contributed by atoms with E-state index in [9.17, 15) is 4.79 Å². The first-order valence-corrected chi connectivity index (χ1v) is 5.25. The highest BCUT2D eigenvalue weighted by molar-refractivity contribution is 5.83. The number of hydrogen-bond donors (Lipinski definition) is 0. The summed E-state index contributed by atoms with van der Waals surface area (Å²) in [4.78, 5) is 13.3. The quantitative estimate of drug-likeness (QED) is 0.541. The Morgan fingerprint density at radius 2 is 2.13 bits per heavy atom. The first-order valence-electron chi connectivity index (χ1n) is 5.25. The molecule has 2 rings (SSSR count). The lowest BCUT2D eigenvalue weighted by Gasteiger charge is -2.40. The van der Waals surface area contributed by atoms with E-state index in [4.69, 9.17) is 0 Å². The maximum atomic E-state index is 11.4. The van der Waals surface area contributed by atoms with Crippen molar-refractivity contribution in [3.8, 4) is 0 Å². The van der Waals surface area contributed by atoms with E-state index in [1.807, 2.05) is 29.2 Å². The SMILES string of the molecule is C=CCC1CC(=O)N1Cc1ccccc1. The predicted molar refractivity (Wildman–Crippen MR) is 60.2 cm³/mol. The largest absolute Gasteiger partial charge is 0.334 e. The molecule has 2 nitrogen and oxygen atoms in total. The smallest absolute Gasteiger partial charge is 0.225 e. The van der Waals surface area contributed by atoms with Crippen molar-refractivity contribution in [3.63, 3.8) is 0 Å². The molecule has 0 N–H and O–H groups in total. The van der Waals surface area contributed by atoms with Crippen molar-refractivity contribution in [3.05, 3.63) is 48.6 Å². The third-order valence-corrected chi connectivity index (χ3v) is 2.81. The molecule has 1 heterocycles. The molecule has 1 amide bonds. The molecule has 1 fully saturated rings. The van der Waals surface area contributed by atoms with Crippen molar-refractivity contribution in [2.45, 2.75) is 25.4 Å². The van der Waals surface area contributed by atoms with Gasteiger partial charge in [-0.25, -0.2) is 0 Å². The van der Waals surface area contributed by atoms with E-state index in [-0.39, 0.29) is 5.91 Å². The van der Waals surface area contributed by atoms with Gasteiger partial charge in [0.25, 0.3) is 0 Å². The molecular weight excluding hydrogens is 186 g/mol. The van der Waals surface area contributed by atoms with E-state index >= 15 is 0 Å². The molecular formula is C13H15NO. The lowest BCUT2D eigenvalue weighted by Crippen LogP contribution is -2.51. The molecule has 0 radical (unpaired) electrons. The van der Waals surface area contributed by atoms with Crippen LogP contribution in [0.15, 0.2) is 43.0 Å². The minimum absolute atomic E-state index is 0.255. The van der Waals surface area contributed by atoms with Gasteiger partial charge in [-0.3, -0.25) is 4.79 Å². The number of likely N-dealkylation sites (tertiary alicyclic amines) is 1. The van der Waals surface area contributed by atoms with Gasteiger partial charge in [0.15, 0.2) is 0 Å². The van der Waals surface area contributed by atoms with E-state index < -0.39 is 0 Å². The fourth-order valence-corrected chi connectivity index (χ4v) is 1.92. The Morgan fingerprint density at radius 3 is 2.73 bits per heavy atom. The number of benzene rings is 1. The number of rotatable bonds is 4. The second-order valence-corrected chi connectivity index (χ2v) is 3.89. The van der Waals surface area contributed by atoms with Gasteiger partial charge < -0.3 is 4.90 Å². The summed E-state index contributed by atoms with van der Waals surface area (Å²) in [5, 5.41) is 0. The predicted octanol–water partition coefficient (Wildman–Crippen LogP) is 2.36. The molecule has 0 spiro atoms. The van der Waals surface area contributed by atoms with Crippen LogP contribution >= 0.6 is 0 Å². The van der Waals surface area contributed by atoms with Gasteiger partial charge in [-0.1, -0.05) is 36.4 Å². The molecule has 1 aliphatic heterocycles. The Balaban J connectivity index is 1.99. The van der Waals surface area contributed by atoms with Crippen LogP contribution in [0.2, 0.25) is 0 Å². The Labute approximate surface area is 90.2 Å². The number of hydrogen-bond acceptors (Lipinski definition) is 1. The third kappa shape index (κ3) is 2.09. The number of nitrogens with zero attached hydrogens (tertiary/aromatic N) is 1. The van der Waals surface area contributed by atoms with Gasteiger partial charge in [0.2, 0.25) is 5.91 Å². The van der Waals surface area contributed by atoms with Crippen molar-refractivity contribution in [1.29, 1.82) is 0 Å². The van der Waals surface area contributed by atoms with Crippen molar-refractivity contribution in [2.24, 2.45) is 0 Å². The van der Waals surface area contributed by atoms with Crippen molar-refractivity contribution < 1.29 is 4.79 Å². The summed E-state index contributed by atoms with van der Waals surface area (Å²) in [5.74, 6) is 0.255. The fraction of sp³-hybridized carbons (Fsp3) is 0.308. The highest BCUT2D eigenvalue weighted by atomic mass is 16.2. The van der Waals surface area contributed by atoms with E-state index in [2.05, 4.69) is 18.7 Å². The summed E-state index contributed by atoms with van der Waals surface area (Å²) >= 11 is 0. The second-order valence-electron chi connectivity index (χ2n) is 3.89. The summed E-state index contributed by atoms with van der Waals surface area (Å²) in [5.41, 5.74) is 1.19. The van der Waals surface area contributed by atoms with Crippen LogP contribution in [0.25, 0.3) is 0 Å². The topological polar surface area (TPSA) is 20.3 Å². The van der Waals surface area contributed by atoms with Crippen molar-refractivity contribution in [2.75, 3.05) is 0 Å². The molecule has 78 valence electrons. The standard InChI is InChI=1S/C13H15NO/c1-2-6-12-9-13(15)14(12)10-11-7-4-3-5-8-11/h2-5,7-8,12H,1,6,9-10H2. The summed E-state index contributed by atoms with van der Waals surface area (Å²) in [6.07, 6.45) is 3.46. The number of amides is 1. The molecule has 0 aliphatic carbocycles. The van der Waals surface area contributed by atoms with Gasteiger partial charge >= 0.3 is 0 Å². The zero-order chi connectivity index (χ0) is 10.7. The van der Waals surface area contributed by atoms with Crippen molar-refractivity contribution >= 4 is 5.91 Å². The number of carbonyl (C=O) groups excluding carboxylic acids is 1. The Bertz CT molecular complexity index is 356. The van der Waals surface area contributed by atoms with E-state index in [1.54, 1.807) is 0 Å². The minimum Gasteiger partial charge on any atom is -0.334 e. The summed E-state index contributed by atoms with van der Waals surface area (Å²) in [6.45, 7) is 4.45. The van der Waals surface area contributed by atoms with Crippen LogP contribution in [0, 0.1) is 0 Å². The molecule has 1 aliphatic rings. The van der Waals surface area contributed by atoms with Gasteiger partial charge in [-0.05, 0) is 12.0 Å². The van der Waals surface area contributed by atoms with Crippen LogP contribution in [0.3, 0.4) is 0 Å². The average molecular weight is 201 g/mol. The molecule has 15 heavy (non-hydrogen) atoms. The second kappa shape index (κ2) is 4.30. The van der Waals surface area contributed by atoms with Gasteiger partial charge in [0.05, 0.1) is 0 Å². The van der Waals surface area contributed by atoms with Crippen LogP contribution in [0.4, 0.5) is 0 Å². The first-order chi connectivity index (χ1) is 7.31. The molecule has 1 aromatic rings. The maximum Gasteiger partial charge on any atom is 0.225 e. The Kier molecular flexibility index (Phi) is 2.86.